The molecule has 3 N–H and O–H groups in total. The molecule has 0 saturated heterocycles. The molecule has 1 fully saturated rings. The summed E-state index contributed by atoms with van der Waals surface area (Å²) in [5.74, 6) is 0.323. The Morgan fingerprint density at radius 1 is 1.50 bits per heavy atom. The van der Waals surface area contributed by atoms with E-state index in [9.17, 15) is 5.11 Å². The van der Waals surface area contributed by atoms with Gasteiger partial charge in [-0.15, -0.1) is 6.58 Å². The highest BCUT2D eigenvalue weighted by Crippen LogP contribution is 2.23. The Balaban J connectivity index is 2.50. The average Bonchev–Trinajstić information content (AvgIpc) is 1.95. The van der Waals surface area contributed by atoms with Crippen molar-refractivity contribution >= 4 is 0 Å². The van der Waals surface area contributed by atoms with E-state index in [-0.39, 0.29) is 12.1 Å². The third kappa shape index (κ3) is 1.39. The van der Waals surface area contributed by atoms with Crippen LogP contribution in [-0.2, 0) is 0 Å². The summed E-state index contributed by atoms with van der Waals surface area (Å²) in [5.41, 5.74) is 5.71. The van der Waals surface area contributed by atoms with Crippen molar-refractivity contribution in [1.29, 1.82) is 0 Å². The van der Waals surface area contributed by atoms with Crippen molar-refractivity contribution in [2.75, 3.05) is 0 Å². The Hall–Kier alpha value is -0.340. The predicted octanol–water partition coefficient (Wildman–Crippen LogP) is 0.661. The summed E-state index contributed by atoms with van der Waals surface area (Å²) in [5, 5.41) is 9.31. The van der Waals surface area contributed by atoms with Gasteiger partial charge in [-0.05, 0) is 18.8 Å². The Morgan fingerprint density at radius 2 is 2.20 bits per heavy atom. The molecule has 1 saturated carbocycles. The number of nitrogens with two attached hydrogens (primary N) is 1. The zero-order valence-corrected chi connectivity index (χ0v) is 6.16. The summed E-state index contributed by atoms with van der Waals surface area (Å²) >= 11 is 0. The predicted molar refractivity (Wildman–Crippen MR) is 41.5 cm³/mol. The van der Waals surface area contributed by atoms with Crippen molar-refractivity contribution in [3.05, 3.63) is 12.7 Å². The number of rotatable bonds is 1. The summed E-state index contributed by atoms with van der Waals surface area (Å²) in [6, 6.07) is -0.0775. The lowest BCUT2D eigenvalue weighted by Gasteiger charge is -2.30. The molecule has 0 spiro atoms. The lowest BCUT2D eigenvalue weighted by molar-refractivity contribution is 0.0893. The third-order valence-electron chi connectivity index (χ3n) is 2.28. The number of aliphatic hydroxyl groups is 1. The van der Waals surface area contributed by atoms with E-state index in [4.69, 9.17) is 5.73 Å². The maximum absolute atomic E-state index is 9.31. The standard InChI is InChI=1S/C8H15NO/c1-2-6-4-3-5-7(10)8(6)9/h2,6-8,10H,1,3-5,9H2. The van der Waals surface area contributed by atoms with Gasteiger partial charge in [0.2, 0.25) is 0 Å². The molecular formula is C8H15NO. The highest BCUT2D eigenvalue weighted by atomic mass is 16.3. The van der Waals surface area contributed by atoms with Gasteiger partial charge in [0.15, 0.2) is 0 Å². The number of aliphatic hydroxyl groups excluding tert-OH is 1. The van der Waals surface area contributed by atoms with Crippen LogP contribution in [0.2, 0.25) is 0 Å². The molecule has 1 rings (SSSR count). The Kier molecular flexibility index (Phi) is 2.46. The minimum absolute atomic E-state index is 0.0775. The van der Waals surface area contributed by atoms with Crippen molar-refractivity contribution in [3.63, 3.8) is 0 Å². The second-order valence-electron chi connectivity index (χ2n) is 2.98. The van der Waals surface area contributed by atoms with Gasteiger partial charge in [0.1, 0.15) is 0 Å². The Labute approximate surface area is 61.7 Å². The summed E-state index contributed by atoms with van der Waals surface area (Å²) in [6.07, 6.45) is 4.56. The van der Waals surface area contributed by atoms with Crippen LogP contribution in [0.25, 0.3) is 0 Å². The molecule has 0 aromatic heterocycles. The van der Waals surface area contributed by atoms with Gasteiger partial charge in [-0.3, -0.25) is 0 Å². The van der Waals surface area contributed by atoms with E-state index in [1.54, 1.807) is 0 Å². The molecule has 0 aromatic rings. The SMILES string of the molecule is C=CC1CCCC(O)C1N. The molecule has 10 heavy (non-hydrogen) atoms. The van der Waals surface area contributed by atoms with Crippen LogP contribution in [0.3, 0.4) is 0 Å². The zero-order valence-electron chi connectivity index (χ0n) is 6.16. The van der Waals surface area contributed by atoms with Crippen LogP contribution in [0, 0.1) is 5.92 Å². The molecule has 2 nitrogen and oxygen atoms in total. The molecule has 3 atom stereocenters. The largest absolute Gasteiger partial charge is 0.391 e. The van der Waals surface area contributed by atoms with E-state index in [1.807, 2.05) is 6.08 Å². The van der Waals surface area contributed by atoms with Crippen molar-refractivity contribution in [2.45, 2.75) is 31.4 Å². The minimum atomic E-state index is -0.309. The van der Waals surface area contributed by atoms with Gasteiger partial charge in [-0.1, -0.05) is 12.5 Å². The van der Waals surface area contributed by atoms with Crippen LogP contribution in [0.1, 0.15) is 19.3 Å². The van der Waals surface area contributed by atoms with Crippen molar-refractivity contribution in [1.82, 2.24) is 0 Å². The lowest BCUT2D eigenvalue weighted by Crippen LogP contribution is -2.43. The second kappa shape index (κ2) is 3.17. The topological polar surface area (TPSA) is 46.2 Å². The Bertz CT molecular complexity index is 124. The van der Waals surface area contributed by atoms with Gasteiger partial charge in [0.05, 0.1) is 6.10 Å². The molecule has 1 aliphatic carbocycles. The molecule has 0 radical (unpaired) electrons. The van der Waals surface area contributed by atoms with E-state index in [1.165, 1.54) is 0 Å². The number of hydrogen-bond donors (Lipinski definition) is 2. The molecule has 0 heterocycles. The van der Waals surface area contributed by atoms with E-state index in [0.717, 1.165) is 19.3 Å². The molecule has 2 heteroatoms. The fraction of sp³-hybridized carbons (Fsp3) is 0.750. The first-order valence-corrected chi connectivity index (χ1v) is 3.82. The van der Waals surface area contributed by atoms with E-state index in [0.29, 0.717) is 5.92 Å². The maximum Gasteiger partial charge on any atom is 0.0696 e. The third-order valence-corrected chi connectivity index (χ3v) is 2.28. The average molecular weight is 141 g/mol. The molecule has 0 amide bonds. The van der Waals surface area contributed by atoms with Gasteiger partial charge in [0.25, 0.3) is 0 Å². The van der Waals surface area contributed by atoms with Gasteiger partial charge in [-0.2, -0.15) is 0 Å². The normalized spacial score (nSPS) is 41.2. The summed E-state index contributed by atoms with van der Waals surface area (Å²) in [6.45, 7) is 3.68. The van der Waals surface area contributed by atoms with Gasteiger partial charge in [-0.25, -0.2) is 0 Å². The van der Waals surface area contributed by atoms with Gasteiger partial charge >= 0.3 is 0 Å². The van der Waals surface area contributed by atoms with Crippen LogP contribution in [0.4, 0.5) is 0 Å². The molecule has 0 aromatic carbocycles. The van der Waals surface area contributed by atoms with E-state index in [2.05, 4.69) is 6.58 Å². The van der Waals surface area contributed by atoms with Crippen molar-refractivity contribution in [2.24, 2.45) is 11.7 Å². The quantitative estimate of drug-likeness (QED) is 0.527. The lowest BCUT2D eigenvalue weighted by atomic mass is 9.83. The monoisotopic (exact) mass is 141 g/mol. The molecule has 3 unspecified atom stereocenters. The van der Waals surface area contributed by atoms with Crippen LogP contribution in [0.15, 0.2) is 12.7 Å². The molecular weight excluding hydrogens is 126 g/mol. The first-order valence-electron chi connectivity index (χ1n) is 3.82. The highest BCUT2D eigenvalue weighted by Gasteiger charge is 2.26. The van der Waals surface area contributed by atoms with E-state index >= 15 is 0 Å². The highest BCUT2D eigenvalue weighted by molar-refractivity contribution is 4.93. The van der Waals surface area contributed by atoms with Gasteiger partial charge < -0.3 is 10.8 Å². The van der Waals surface area contributed by atoms with Crippen molar-refractivity contribution < 1.29 is 5.11 Å². The first-order chi connectivity index (χ1) is 4.75. The fourth-order valence-electron chi connectivity index (χ4n) is 1.51. The van der Waals surface area contributed by atoms with Crippen LogP contribution < -0.4 is 5.73 Å². The van der Waals surface area contributed by atoms with Crippen LogP contribution in [0.5, 0.6) is 0 Å². The smallest absolute Gasteiger partial charge is 0.0696 e. The summed E-state index contributed by atoms with van der Waals surface area (Å²) in [4.78, 5) is 0. The fourth-order valence-corrected chi connectivity index (χ4v) is 1.51. The summed E-state index contributed by atoms with van der Waals surface area (Å²) < 4.78 is 0. The Morgan fingerprint density at radius 3 is 2.70 bits per heavy atom. The summed E-state index contributed by atoms with van der Waals surface area (Å²) in [7, 11) is 0. The molecule has 0 aliphatic heterocycles. The van der Waals surface area contributed by atoms with Crippen LogP contribution >= 0.6 is 0 Å². The van der Waals surface area contributed by atoms with Crippen molar-refractivity contribution in [3.8, 4) is 0 Å². The number of hydrogen-bond acceptors (Lipinski definition) is 2. The first kappa shape index (κ1) is 7.76. The molecule has 0 bridgehead atoms. The van der Waals surface area contributed by atoms with Crippen LogP contribution in [-0.4, -0.2) is 17.3 Å². The van der Waals surface area contributed by atoms with E-state index < -0.39 is 0 Å². The molecule has 58 valence electrons. The zero-order chi connectivity index (χ0) is 7.56. The maximum atomic E-state index is 9.31. The minimum Gasteiger partial charge on any atom is -0.391 e. The van der Waals surface area contributed by atoms with Gasteiger partial charge in [0, 0.05) is 6.04 Å². The second-order valence-corrected chi connectivity index (χ2v) is 2.98. The molecule has 1 aliphatic rings.